The topological polar surface area (TPSA) is 156 Å². The van der Waals surface area contributed by atoms with E-state index in [2.05, 4.69) is 51.7 Å². The van der Waals surface area contributed by atoms with Gasteiger partial charge in [0.05, 0.1) is 12.2 Å². The second-order valence-electron chi connectivity index (χ2n) is 14.9. The third-order valence-electron chi connectivity index (χ3n) is 11.1. The van der Waals surface area contributed by atoms with Gasteiger partial charge in [0.1, 0.15) is 17.2 Å². The van der Waals surface area contributed by atoms with Crippen molar-refractivity contribution >= 4 is 50.8 Å². The molecule has 4 aromatic rings. The second-order valence-corrected chi connectivity index (χ2v) is 16.9. The number of alkyl halides is 3. The van der Waals surface area contributed by atoms with E-state index < -0.39 is 27.6 Å². The lowest BCUT2D eigenvalue weighted by Gasteiger charge is -2.43. The smallest absolute Gasteiger partial charge is 0.371 e. The van der Waals surface area contributed by atoms with Crippen molar-refractivity contribution in [3.63, 3.8) is 0 Å². The van der Waals surface area contributed by atoms with Crippen LogP contribution in [-0.4, -0.2) is 104 Å². The van der Waals surface area contributed by atoms with Gasteiger partial charge in [-0.15, -0.1) is 0 Å². The van der Waals surface area contributed by atoms with E-state index in [1.54, 1.807) is 12.1 Å². The molecule has 0 saturated carbocycles. The number of piperazine rings is 1. The van der Waals surface area contributed by atoms with Gasteiger partial charge in [-0.25, -0.2) is 18.4 Å². The lowest BCUT2D eigenvalue weighted by Crippen LogP contribution is -2.53. The Kier molecular flexibility index (Phi) is 12.2. The van der Waals surface area contributed by atoms with Crippen molar-refractivity contribution in [1.82, 2.24) is 30.1 Å². The van der Waals surface area contributed by atoms with Crippen molar-refractivity contribution in [3.8, 4) is 0 Å². The summed E-state index contributed by atoms with van der Waals surface area (Å²) in [6.45, 7) is 6.21. The first kappa shape index (κ1) is 40.9. The molecular weight excluding hydrogens is 774 g/mol. The zero-order valence-corrected chi connectivity index (χ0v) is 33.2. The minimum absolute atomic E-state index is 0.0395. The Morgan fingerprint density at radius 2 is 1.60 bits per heavy atom. The lowest BCUT2D eigenvalue weighted by atomic mass is 9.87. The Bertz CT molecular complexity index is 2210. The fourth-order valence-corrected chi connectivity index (χ4v) is 8.36. The molecule has 2 aromatic heterocycles. The van der Waals surface area contributed by atoms with Crippen LogP contribution in [0, 0.1) is 0 Å². The predicted octanol–water partition coefficient (Wildman–Crippen LogP) is 4.95. The lowest BCUT2D eigenvalue weighted by molar-refractivity contribution is -0.137. The minimum Gasteiger partial charge on any atom is -0.371 e. The van der Waals surface area contributed by atoms with Crippen molar-refractivity contribution in [2.75, 3.05) is 72.4 Å². The number of pyridine rings is 1. The number of imide groups is 1. The van der Waals surface area contributed by atoms with Gasteiger partial charge in [-0.05, 0) is 60.7 Å². The maximum absolute atomic E-state index is 14.0. The van der Waals surface area contributed by atoms with Gasteiger partial charge in [0.25, 0.3) is 0 Å². The molecule has 18 heteroatoms. The highest BCUT2D eigenvalue weighted by Gasteiger charge is 2.36. The Morgan fingerprint density at radius 3 is 2.29 bits per heavy atom. The monoisotopic (exact) mass is 820 g/mol. The van der Waals surface area contributed by atoms with Crippen LogP contribution < -0.4 is 25.2 Å². The summed E-state index contributed by atoms with van der Waals surface area (Å²) in [4.78, 5) is 43.9. The van der Waals surface area contributed by atoms with E-state index in [0.717, 1.165) is 86.0 Å². The van der Waals surface area contributed by atoms with Gasteiger partial charge in [0, 0.05) is 101 Å². The van der Waals surface area contributed by atoms with Crippen LogP contribution in [0.2, 0.25) is 0 Å². The molecule has 5 heterocycles. The number of nitrogens with one attached hydrogen (secondary N) is 3. The van der Waals surface area contributed by atoms with E-state index in [-0.39, 0.29) is 36.0 Å². The number of aromatic nitrogens is 3. The summed E-state index contributed by atoms with van der Waals surface area (Å²) < 4.78 is 67.1. The number of rotatable bonds is 12. The number of carbonyl (C=O) groups excluding carboxylic acids is 2. The van der Waals surface area contributed by atoms with Crippen LogP contribution in [-0.2, 0) is 38.9 Å². The summed E-state index contributed by atoms with van der Waals surface area (Å²) in [6.07, 6.45) is 1.35. The molecule has 3 aliphatic heterocycles. The molecule has 7 rings (SSSR count). The number of hydrogen-bond donors (Lipinski definition) is 3. The van der Waals surface area contributed by atoms with Crippen molar-refractivity contribution in [2.45, 2.75) is 56.9 Å². The van der Waals surface area contributed by atoms with Crippen LogP contribution >= 0.6 is 0 Å². The molecule has 3 N–H and O–H groups in total. The number of carbonyl (C=O) groups is 2. The van der Waals surface area contributed by atoms with Crippen molar-refractivity contribution < 1.29 is 31.2 Å². The van der Waals surface area contributed by atoms with E-state index in [9.17, 15) is 31.2 Å². The molecule has 58 heavy (non-hydrogen) atoms. The van der Waals surface area contributed by atoms with Gasteiger partial charge in [-0.1, -0.05) is 30.3 Å². The SMILES string of the molecule is CN(c1ncccc1CNc1nc(Nc2ccc(N3CCC(N4CCN(Cc5ccccc5C5CCC(=O)NC5=O)CC4)CC3)cc2)ncc1C(F)(F)F)S(C)(=O)=O. The van der Waals surface area contributed by atoms with E-state index >= 15 is 0 Å². The zero-order valence-electron chi connectivity index (χ0n) is 32.4. The largest absolute Gasteiger partial charge is 0.421 e. The average Bonchev–Trinajstić information content (AvgIpc) is 3.20. The number of amides is 2. The molecule has 0 radical (unpaired) electrons. The fraction of sp³-hybridized carbons (Fsp3) is 0.425. The first-order valence-electron chi connectivity index (χ1n) is 19.3. The number of sulfonamides is 1. The molecule has 3 aliphatic rings. The molecule has 1 unspecified atom stereocenters. The standard InChI is InChI=1S/C40H47F3N10O4S/c1-50(58(2,56)57)37-27(7-5-17-44-37)24-45-36-34(40(41,42)43)25-46-39(49-36)47-29-9-11-30(12-10-29)52-18-15-31(16-19-52)53-22-20-51(21-23-53)26-28-6-3-4-8-32(28)33-13-14-35(54)48-38(33)55/h3-12,17,25,31,33H,13-16,18-24,26H2,1-2H3,(H,48,54,55)(H2,45,46,47,49). The van der Waals surface area contributed by atoms with E-state index in [1.807, 2.05) is 42.5 Å². The fourth-order valence-electron chi connectivity index (χ4n) is 7.88. The summed E-state index contributed by atoms with van der Waals surface area (Å²) >= 11 is 0. The Labute approximate surface area is 335 Å². The minimum atomic E-state index is -4.74. The molecule has 2 amide bonds. The summed E-state index contributed by atoms with van der Waals surface area (Å²) in [5.74, 6) is -1.12. The van der Waals surface area contributed by atoms with E-state index in [4.69, 9.17) is 0 Å². The number of anilines is 5. The normalized spacial score (nSPS) is 18.8. The zero-order chi connectivity index (χ0) is 41.0. The Balaban J connectivity index is 0.913. The van der Waals surface area contributed by atoms with Crippen LogP contribution in [0.25, 0.3) is 0 Å². The summed E-state index contributed by atoms with van der Waals surface area (Å²) in [7, 11) is -2.34. The number of hydrogen-bond acceptors (Lipinski definition) is 12. The van der Waals surface area contributed by atoms with Gasteiger partial charge >= 0.3 is 6.18 Å². The predicted molar refractivity (Wildman–Crippen MR) is 215 cm³/mol. The summed E-state index contributed by atoms with van der Waals surface area (Å²) in [6, 6.07) is 19.3. The van der Waals surface area contributed by atoms with E-state index in [0.29, 0.717) is 36.3 Å². The molecule has 0 bridgehead atoms. The molecule has 3 saturated heterocycles. The molecule has 0 spiro atoms. The van der Waals surface area contributed by atoms with Crippen LogP contribution in [0.4, 0.5) is 42.1 Å². The highest BCUT2D eigenvalue weighted by Crippen LogP contribution is 2.35. The summed E-state index contributed by atoms with van der Waals surface area (Å²) in [5.41, 5.74) is 3.10. The first-order valence-corrected chi connectivity index (χ1v) is 21.1. The Hall–Kier alpha value is -5.33. The van der Waals surface area contributed by atoms with Crippen LogP contribution in [0.5, 0.6) is 0 Å². The highest BCUT2D eigenvalue weighted by molar-refractivity contribution is 7.92. The number of piperidine rings is 2. The first-order chi connectivity index (χ1) is 27.7. The molecular formula is C40H47F3N10O4S. The van der Waals surface area contributed by atoms with Crippen molar-refractivity contribution in [3.05, 3.63) is 95.3 Å². The molecule has 1 atom stereocenters. The van der Waals surface area contributed by atoms with E-state index in [1.165, 1.54) is 13.2 Å². The van der Waals surface area contributed by atoms with Gasteiger partial charge in [-0.3, -0.25) is 29.0 Å². The molecule has 14 nitrogen and oxygen atoms in total. The molecule has 3 fully saturated rings. The summed E-state index contributed by atoms with van der Waals surface area (Å²) in [5, 5.41) is 8.21. The van der Waals surface area contributed by atoms with Crippen molar-refractivity contribution in [2.24, 2.45) is 0 Å². The number of nitrogens with zero attached hydrogens (tertiary/aromatic N) is 7. The van der Waals surface area contributed by atoms with Gasteiger partial charge in [0.15, 0.2) is 0 Å². The van der Waals surface area contributed by atoms with Gasteiger partial charge in [-0.2, -0.15) is 18.2 Å². The quantitative estimate of drug-likeness (QED) is 0.166. The third-order valence-corrected chi connectivity index (χ3v) is 12.3. The molecule has 2 aromatic carbocycles. The molecule has 308 valence electrons. The number of benzene rings is 2. The average molecular weight is 821 g/mol. The van der Waals surface area contributed by atoms with Crippen LogP contribution in [0.3, 0.4) is 0 Å². The maximum atomic E-state index is 14.0. The van der Waals surface area contributed by atoms with Crippen LogP contribution in [0.15, 0.2) is 73.1 Å². The number of halogens is 3. The Morgan fingerprint density at radius 1 is 0.897 bits per heavy atom. The van der Waals surface area contributed by atoms with Crippen LogP contribution in [0.1, 0.15) is 53.9 Å². The van der Waals surface area contributed by atoms with Gasteiger partial charge < -0.3 is 15.5 Å². The van der Waals surface area contributed by atoms with Crippen molar-refractivity contribution in [1.29, 1.82) is 0 Å². The third kappa shape index (κ3) is 9.67. The van der Waals surface area contributed by atoms with Gasteiger partial charge in [0.2, 0.25) is 27.8 Å². The second kappa shape index (κ2) is 17.3. The maximum Gasteiger partial charge on any atom is 0.421 e. The highest BCUT2D eigenvalue weighted by atomic mass is 32.2. The molecule has 0 aliphatic carbocycles.